The second kappa shape index (κ2) is 5.19. The molecule has 120 valence electrons. The van der Waals surface area contributed by atoms with Gasteiger partial charge in [-0.15, -0.1) is 0 Å². The summed E-state index contributed by atoms with van der Waals surface area (Å²) in [5.74, 6) is 0.161. The Bertz CT molecular complexity index is 714. The van der Waals surface area contributed by atoms with E-state index in [0.29, 0.717) is 5.69 Å². The number of anilines is 1. The number of hydrogen-bond acceptors (Lipinski definition) is 3. The number of ether oxygens (including phenoxy) is 1. The van der Waals surface area contributed by atoms with E-state index in [4.69, 9.17) is 4.74 Å². The molecule has 2 rings (SSSR count). The number of aryl methyl sites for hydroxylation is 1. The lowest BCUT2D eigenvalue weighted by molar-refractivity contribution is -0.137. The molecule has 0 unspecified atom stereocenters. The Balaban J connectivity index is 2.32. The minimum atomic E-state index is -4.44. The fourth-order valence-electron chi connectivity index (χ4n) is 1.86. The molecule has 1 N–H and O–H groups in total. The molecule has 0 bridgehead atoms. The molecule has 2 aromatic rings. The molecule has 22 heavy (non-hydrogen) atoms. The van der Waals surface area contributed by atoms with Crippen molar-refractivity contribution in [1.29, 1.82) is 0 Å². The average molecular weight is 315 g/mol. The lowest BCUT2D eigenvalue weighted by atomic mass is 10.2. The molecule has 5 nitrogen and oxygen atoms in total. The van der Waals surface area contributed by atoms with Crippen LogP contribution < -0.4 is 5.32 Å². The highest BCUT2D eigenvalue weighted by Crippen LogP contribution is 2.30. The largest absolute Gasteiger partial charge is 0.444 e. The first-order valence-corrected chi connectivity index (χ1v) is 6.53. The number of imidazole rings is 1. The maximum Gasteiger partial charge on any atom is 0.416 e. The van der Waals surface area contributed by atoms with Crippen molar-refractivity contribution >= 4 is 17.6 Å². The van der Waals surface area contributed by atoms with Crippen LogP contribution in [-0.2, 0) is 10.9 Å². The Kier molecular flexibility index (Phi) is 3.80. The maximum absolute atomic E-state index is 12.7. The van der Waals surface area contributed by atoms with E-state index < -0.39 is 23.4 Å². The number of aromatic nitrogens is 2. The molecule has 1 amide bonds. The number of fused-ring (bicyclic) bond motifs is 1. The zero-order chi connectivity index (χ0) is 16.7. The number of nitrogens with one attached hydrogen (secondary N) is 1. The Labute approximate surface area is 125 Å². The van der Waals surface area contributed by atoms with E-state index in [1.54, 1.807) is 27.7 Å². The summed E-state index contributed by atoms with van der Waals surface area (Å²) in [4.78, 5) is 15.7. The number of amides is 1. The fraction of sp³-hybridized carbons (Fsp3) is 0.429. The van der Waals surface area contributed by atoms with Crippen LogP contribution in [0, 0.1) is 6.92 Å². The van der Waals surface area contributed by atoms with Gasteiger partial charge in [0.15, 0.2) is 5.82 Å². The first-order valence-electron chi connectivity index (χ1n) is 6.53. The van der Waals surface area contributed by atoms with Gasteiger partial charge in [-0.25, -0.2) is 9.78 Å². The SMILES string of the molecule is Cc1c(NC(=O)OC(C)(C)C)nc2cc(C(F)(F)F)ccn12. The van der Waals surface area contributed by atoms with Crippen LogP contribution in [0.25, 0.3) is 5.65 Å². The summed E-state index contributed by atoms with van der Waals surface area (Å²) in [7, 11) is 0. The molecule has 2 heterocycles. The monoisotopic (exact) mass is 315 g/mol. The van der Waals surface area contributed by atoms with Gasteiger partial charge in [0.2, 0.25) is 0 Å². The van der Waals surface area contributed by atoms with Crippen molar-refractivity contribution in [3.05, 3.63) is 29.6 Å². The fourth-order valence-corrected chi connectivity index (χ4v) is 1.86. The number of hydrogen-bond donors (Lipinski definition) is 1. The van der Waals surface area contributed by atoms with Gasteiger partial charge >= 0.3 is 12.3 Å². The summed E-state index contributed by atoms with van der Waals surface area (Å²) in [5.41, 5.74) is -0.873. The third kappa shape index (κ3) is 3.49. The van der Waals surface area contributed by atoms with E-state index in [1.807, 2.05) is 0 Å². The maximum atomic E-state index is 12.7. The van der Waals surface area contributed by atoms with E-state index >= 15 is 0 Å². The number of rotatable bonds is 1. The lowest BCUT2D eigenvalue weighted by Crippen LogP contribution is -2.27. The Hall–Kier alpha value is -2.25. The van der Waals surface area contributed by atoms with Crippen LogP contribution in [-0.4, -0.2) is 21.1 Å². The quantitative estimate of drug-likeness (QED) is 0.865. The summed E-state index contributed by atoms with van der Waals surface area (Å²) in [6.07, 6.45) is -3.89. The van der Waals surface area contributed by atoms with Crippen LogP contribution in [0.15, 0.2) is 18.3 Å². The number of carbonyl (C=O) groups is 1. The standard InChI is InChI=1S/C14H16F3N3O2/c1-8-11(19-12(21)22-13(2,3)4)18-10-7-9(14(15,16)17)5-6-20(8)10/h5-7H,1-4H3,(H,19,21). The van der Waals surface area contributed by atoms with Crippen molar-refractivity contribution in [2.75, 3.05) is 5.32 Å². The average Bonchev–Trinajstić information content (AvgIpc) is 2.62. The van der Waals surface area contributed by atoms with Crippen LogP contribution in [0.1, 0.15) is 32.0 Å². The van der Waals surface area contributed by atoms with Crippen molar-refractivity contribution in [3.63, 3.8) is 0 Å². The van der Waals surface area contributed by atoms with Crippen LogP contribution in [0.4, 0.5) is 23.8 Å². The Morgan fingerprint density at radius 3 is 2.50 bits per heavy atom. The summed E-state index contributed by atoms with van der Waals surface area (Å²) < 4.78 is 44.6. The van der Waals surface area contributed by atoms with E-state index in [-0.39, 0.29) is 11.5 Å². The van der Waals surface area contributed by atoms with Crippen molar-refractivity contribution in [2.45, 2.75) is 39.5 Å². The van der Waals surface area contributed by atoms with Crippen molar-refractivity contribution < 1.29 is 22.7 Å². The molecule has 0 aromatic carbocycles. The second-order valence-corrected chi connectivity index (χ2v) is 5.81. The van der Waals surface area contributed by atoms with Gasteiger partial charge in [-0.2, -0.15) is 13.2 Å². The first-order chi connectivity index (χ1) is 9.97. The predicted octanol–water partition coefficient (Wildman–Crippen LogP) is 4.01. The smallest absolute Gasteiger partial charge is 0.416 e. The third-order valence-electron chi connectivity index (χ3n) is 2.81. The molecule has 0 saturated carbocycles. The van der Waals surface area contributed by atoms with Gasteiger partial charge in [-0.1, -0.05) is 0 Å². The zero-order valence-electron chi connectivity index (χ0n) is 12.6. The third-order valence-corrected chi connectivity index (χ3v) is 2.81. The topological polar surface area (TPSA) is 55.6 Å². The lowest BCUT2D eigenvalue weighted by Gasteiger charge is -2.19. The normalized spacial score (nSPS) is 12.5. The second-order valence-electron chi connectivity index (χ2n) is 5.81. The van der Waals surface area contributed by atoms with E-state index in [1.165, 1.54) is 10.6 Å². The van der Waals surface area contributed by atoms with Gasteiger partial charge in [0.25, 0.3) is 0 Å². The Morgan fingerprint density at radius 2 is 1.95 bits per heavy atom. The molecule has 0 radical (unpaired) electrons. The molecule has 2 aromatic heterocycles. The number of alkyl halides is 3. The molecular weight excluding hydrogens is 299 g/mol. The van der Waals surface area contributed by atoms with Crippen LogP contribution in [0.2, 0.25) is 0 Å². The van der Waals surface area contributed by atoms with Crippen molar-refractivity contribution in [3.8, 4) is 0 Å². The highest BCUT2D eigenvalue weighted by molar-refractivity contribution is 5.85. The van der Waals surface area contributed by atoms with Crippen LogP contribution in [0.5, 0.6) is 0 Å². The summed E-state index contributed by atoms with van der Waals surface area (Å²) in [6, 6.07) is 1.88. The molecule has 0 aliphatic heterocycles. The molecule has 0 atom stereocenters. The molecule has 0 fully saturated rings. The van der Waals surface area contributed by atoms with E-state index in [2.05, 4.69) is 10.3 Å². The summed E-state index contributed by atoms with van der Waals surface area (Å²) >= 11 is 0. The van der Waals surface area contributed by atoms with Gasteiger partial charge in [-0.05, 0) is 39.8 Å². The number of nitrogens with zero attached hydrogens (tertiary/aromatic N) is 2. The van der Waals surface area contributed by atoms with Crippen molar-refractivity contribution in [2.24, 2.45) is 0 Å². The molecule has 8 heteroatoms. The zero-order valence-corrected chi connectivity index (χ0v) is 12.6. The van der Waals surface area contributed by atoms with Crippen LogP contribution >= 0.6 is 0 Å². The summed E-state index contributed by atoms with van der Waals surface area (Å²) in [5, 5.41) is 2.44. The number of carbonyl (C=O) groups excluding carboxylic acids is 1. The number of pyridine rings is 1. The highest BCUT2D eigenvalue weighted by Gasteiger charge is 2.31. The minimum absolute atomic E-state index is 0.0957. The molecular formula is C14H16F3N3O2. The predicted molar refractivity (Wildman–Crippen MR) is 74.8 cm³/mol. The van der Waals surface area contributed by atoms with Crippen LogP contribution in [0.3, 0.4) is 0 Å². The van der Waals surface area contributed by atoms with Gasteiger partial charge in [0.1, 0.15) is 11.2 Å². The molecule has 0 aliphatic rings. The molecule has 0 saturated heterocycles. The molecule has 0 aliphatic carbocycles. The van der Waals surface area contributed by atoms with E-state index in [0.717, 1.165) is 12.1 Å². The minimum Gasteiger partial charge on any atom is -0.444 e. The highest BCUT2D eigenvalue weighted by atomic mass is 19.4. The summed E-state index contributed by atoms with van der Waals surface area (Å²) in [6.45, 7) is 6.76. The van der Waals surface area contributed by atoms with E-state index in [9.17, 15) is 18.0 Å². The van der Waals surface area contributed by atoms with Gasteiger partial charge < -0.3 is 9.14 Å². The van der Waals surface area contributed by atoms with Gasteiger partial charge in [-0.3, -0.25) is 5.32 Å². The Morgan fingerprint density at radius 1 is 1.32 bits per heavy atom. The number of halogens is 3. The first kappa shape index (κ1) is 16.1. The van der Waals surface area contributed by atoms with Gasteiger partial charge in [0, 0.05) is 6.20 Å². The molecule has 0 spiro atoms. The van der Waals surface area contributed by atoms with Crippen molar-refractivity contribution in [1.82, 2.24) is 9.38 Å². The van der Waals surface area contributed by atoms with Gasteiger partial charge in [0.05, 0.1) is 11.3 Å².